The molecule has 4 aromatic rings. The average Bonchev–Trinajstić information content (AvgIpc) is 3.21. The van der Waals surface area contributed by atoms with E-state index in [1.807, 2.05) is 54.6 Å². The molecule has 0 fully saturated rings. The molecular weight excluding hydrogens is 416 g/mol. The van der Waals surface area contributed by atoms with Crippen LogP contribution in [0.25, 0.3) is 10.9 Å². The van der Waals surface area contributed by atoms with E-state index in [4.69, 9.17) is 11.6 Å². The number of hydrogen-bond acceptors (Lipinski definition) is 1. The number of nitrogens with zero attached hydrogens (tertiary/aromatic N) is 1. The lowest BCUT2D eigenvalue weighted by molar-refractivity contribution is -0.121. The minimum Gasteiger partial charge on any atom is -0.352 e. The zero-order valence-electron chi connectivity index (χ0n) is 18.6. The van der Waals surface area contributed by atoms with Crippen molar-refractivity contribution >= 4 is 28.4 Å². The van der Waals surface area contributed by atoms with E-state index in [1.54, 1.807) is 0 Å². The van der Waals surface area contributed by atoms with Gasteiger partial charge in [-0.15, -0.1) is 0 Å². The maximum atomic E-state index is 13.0. The van der Waals surface area contributed by atoms with Crippen LogP contribution in [0.2, 0.25) is 5.02 Å². The summed E-state index contributed by atoms with van der Waals surface area (Å²) in [5.74, 6) is -0.0108. The number of aryl methyl sites for hydroxylation is 2. The van der Waals surface area contributed by atoms with Gasteiger partial charge in [-0.05, 0) is 47.7 Å². The van der Waals surface area contributed by atoms with Crippen LogP contribution in [-0.4, -0.2) is 10.5 Å². The highest BCUT2D eigenvalue weighted by atomic mass is 35.5. The second-order valence-corrected chi connectivity index (χ2v) is 8.54. The Kier molecular flexibility index (Phi) is 6.96. The lowest BCUT2D eigenvalue weighted by Gasteiger charge is -2.18. The standard InChI is InChI=1S/C28H29ClN2O/c1-3-21-11-8-12-24-26(19-31(4-2)28(21)24)25(22-13-15-23(29)16-14-22)17-27(32)30-18-20-9-6-5-7-10-20/h5-16,19,25H,3-4,17-18H2,1-2H3,(H,30,32)/t25-/m1/s1. The van der Waals surface area contributed by atoms with Gasteiger partial charge < -0.3 is 9.88 Å². The van der Waals surface area contributed by atoms with Crippen LogP contribution in [0, 0.1) is 0 Å². The van der Waals surface area contributed by atoms with Gasteiger partial charge in [0, 0.05) is 42.0 Å². The smallest absolute Gasteiger partial charge is 0.221 e. The van der Waals surface area contributed by atoms with Gasteiger partial charge >= 0.3 is 0 Å². The molecule has 4 rings (SSSR count). The molecule has 0 radical (unpaired) electrons. The Bertz CT molecular complexity index is 1200. The SMILES string of the molecule is CCc1cccc2c([C@H](CC(=O)NCc3ccccc3)c3ccc(Cl)cc3)cn(CC)c12. The fourth-order valence-electron chi connectivity index (χ4n) is 4.43. The molecule has 0 unspecified atom stereocenters. The molecule has 3 aromatic carbocycles. The number of hydrogen-bond donors (Lipinski definition) is 1. The highest BCUT2D eigenvalue weighted by Gasteiger charge is 2.23. The molecule has 1 amide bonds. The molecule has 1 N–H and O–H groups in total. The first-order chi connectivity index (χ1) is 15.6. The quantitative estimate of drug-likeness (QED) is 0.321. The molecule has 1 heterocycles. The first-order valence-electron chi connectivity index (χ1n) is 11.3. The number of fused-ring (bicyclic) bond motifs is 1. The Hall–Kier alpha value is -3.04. The summed E-state index contributed by atoms with van der Waals surface area (Å²) in [6.45, 7) is 5.78. The third kappa shape index (κ3) is 4.73. The summed E-state index contributed by atoms with van der Waals surface area (Å²) < 4.78 is 2.31. The molecule has 164 valence electrons. The van der Waals surface area contributed by atoms with Crippen molar-refractivity contribution in [3.8, 4) is 0 Å². The summed E-state index contributed by atoms with van der Waals surface area (Å²) in [5, 5.41) is 5.02. The van der Waals surface area contributed by atoms with Crippen molar-refractivity contribution in [3.05, 3.63) is 106 Å². The van der Waals surface area contributed by atoms with Crippen LogP contribution >= 0.6 is 11.6 Å². The second-order valence-electron chi connectivity index (χ2n) is 8.11. The number of carbonyl (C=O) groups excluding carboxylic acids is 1. The van der Waals surface area contributed by atoms with Crippen molar-refractivity contribution in [2.45, 2.75) is 45.7 Å². The van der Waals surface area contributed by atoms with E-state index in [2.05, 4.69) is 48.1 Å². The number of amides is 1. The maximum Gasteiger partial charge on any atom is 0.221 e. The van der Waals surface area contributed by atoms with Crippen LogP contribution in [0.3, 0.4) is 0 Å². The van der Waals surface area contributed by atoms with Crippen molar-refractivity contribution in [2.75, 3.05) is 0 Å². The molecule has 3 nitrogen and oxygen atoms in total. The predicted molar refractivity (Wildman–Crippen MR) is 133 cm³/mol. The average molecular weight is 445 g/mol. The lowest BCUT2D eigenvalue weighted by Crippen LogP contribution is -2.25. The van der Waals surface area contributed by atoms with Gasteiger partial charge in [0.25, 0.3) is 0 Å². The Morgan fingerprint density at radius 1 is 0.969 bits per heavy atom. The number of halogens is 1. The van der Waals surface area contributed by atoms with Gasteiger partial charge in [0.2, 0.25) is 5.91 Å². The Morgan fingerprint density at radius 3 is 2.41 bits per heavy atom. The molecule has 1 atom stereocenters. The number of carbonyl (C=O) groups is 1. The summed E-state index contributed by atoms with van der Waals surface area (Å²) in [4.78, 5) is 13.0. The summed E-state index contributed by atoms with van der Waals surface area (Å²) in [6, 6.07) is 24.4. The third-order valence-corrected chi connectivity index (χ3v) is 6.36. The molecule has 0 spiro atoms. The van der Waals surface area contributed by atoms with Crippen molar-refractivity contribution in [1.82, 2.24) is 9.88 Å². The van der Waals surface area contributed by atoms with Crippen molar-refractivity contribution in [2.24, 2.45) is 0 Å². The maximum absolute atomic E-state index is 13.0. The molecular formula is C28H29ClN2O. The Labute approximate surface area is 195 Å². The molecule has 0 aliphatic heterocycles. The van der Waals surface area contributed by atoms with Crippen molar-refractivity contribution in [1.29, 1.82) is 0 Å². The van der Waals surface area contributed by atoms with Gasteiger partial charge in [-0.1, -0.05) is 79.2 Å². The summed E-state index contributed by atoms with van der Waals surface area (Å²) >= 11 is 6.16. The summed E-state index contributed by atoms with van der Waals surface area (Å²) in [5.41, 5.74) is 5.99. The number of nitrogens with one attached hydrogen (secondary N) is 1. The Balaban J connectivity index is 1.70. The number of aromatic nitrogens is 1. The van der Waals surface area contributed by atoms with Crippen LogP contribution in [-0.2, 0) is 24.3 Å². The van der Waals surface area contributed by atoms with E-state index in [-0.39, 0.29) is 11.8 Å². The zero-order valence-corrected chi connectivity index (χ0v) is 19.4. The molecule has 4 heteroatoms. The fraction of sp³-hybridized carbons (Fsp3) is 0.250. The molecule has 0 bridgehead atoms. The van der Waals surface area contributed by atoms with Crippen LogP contribution in [0.1, 0.15) is 48.4 Å². The predicted octanol–water partition coefficient (Wildman–Crippen LogP) is 6.72. The van der Waals surface area contributed by atoms with Gasteiger partial charge in [0.1, 0.15) is 0 Å². The van der Waals surface area contributed by atoms with Crippen LogP contribution in [0.15, 0.2) is 79.0 Å². The van der Waals surface area contributed by atoms with Crippen molar-refractivity contribution in [3.63, 3.8) is 0 Å². The molecule has 0 aliphatic rings. The highest BCUT2D eigenvalue weighted by Crippen LogP contribution is 2.36. The van der Waals surface area contributed by atoms with E-state index in [1.165, 1.54) is 22.0 Å². The first kappa shape index (κ1) is 22.2. The van der Waals surface area contributed by atoms with Crippen LogP contribution < -0.4 is 5.32 Å². The van der Waals surface area contributed by atoms with Crippen LogP contribution in [0.4, 0.5) is 0 Å². The molecule has 32 heavy (non-hydrogen) atoms. The zero-order chi connectivity index (χ0) is 22.5. The Morgan fingerprint density at radius 2 is 1.72 bits per heavy atom. The summed E-state index contributed by atoms with van der Waals surface area (Å²) in [7, 11) is 0. The monoisotopic (exact) mass is 444 g/mol. The van der Waals surface area contributed by atoms with Gasteiger partial charge in [-0.25, -0.2) is 0 Å². The minimum absolute atomic E-state index is 0.0397. The second kappa shape index (κ2) is 10.1. The molecule has 0 saturated heterocycles. The normalized spacial score (nSPS) is 12.1. The van der Waals surface area contributed by atoms with Gasteiger partial charge in [-0.3, -0.25) is 4.79 Å². The topological polar surface area (TPSA) is 34.0 Å². The van der Waals surface area contributed by atoms with Gasteiger partial charge in [0.05, 0.1) is 5.52 Å². The van der Waals surface area contributed by atoms with E-state index in [0.29, 0.717) is 18.0 Å². The van der Waals surface area contributed by atoms with E-state index in [0.717, 1.165) is 24.1 Å². The third-order valence-electron chi connectivity index (χ3n) is 6.10. The fourth-order valence-corrected chi connectivity index (χ4v) is 4.56. The van der Waals surface area contributed by atoms with E-state index < -0.39 is 0 Å². The summed E-state index contributed by atoms with van der Waals surface area (Å²) in [6.07, 6.45) is 3.59. The highest BCUT2D eigenvalue weighted by molar-refractivity contribution is 6.30. The largest absolute Gasteiger partial charge is 0.352 e. The number of rotatable bonds is 8. The lowest BCUT2D eigenvalue weighted by atomic mass is 9.87. The molecule has 0 saturated carbocycles. The first-order valence-corrected chi connectivity index (χ1v) is 11.6. The minimum atomic E-state index is -0.0505. The molecule has 0 aliphatic carbocycles. The van der Waals surface area contributed by atoms with Gasteiger partial charge in [0.15, 0.2) is 0 Å². The van der Waals surface area contributed by atoms with Gasteiger partial charge in [-0.2, -0.15) is 0 Å². The van der Waals surface area contributed by atoms with Crippen molar-refractivity contribution < 1.29 is 4.79 Å². The number of para-hydroxylation sites is 1. The van der Waals surface area contributed by atoms with Crippen LogP contribution in [0.5, 0.6) is 0 Å². The number of benzene rings is 3. The van der Waals surface area contributed by atoms with E-state index >= 15 is 0 Å². The van der Waals surface area contributed by atoms with E-state index in [9.17, 15) is 4.79 Å². The molecule has 1 aromatic heterocycles.